The first kappa shape index (κ1) is 24.8. The fourth-order valence-corrected chi connectivity index (χ4v) is 5.19. The molecule has 3 unspecified atom stereocenters. The fourth-order valence-electron chi connectivity index (χ4n) is 4.92. The number of morpholine rings is 1. The Hall–Kier alpha value is -2.27. The third-order valence-electron chi connectivity index (χ3n) is 6.81. The highest BCUT2D eigenvalue weighted by molar-refractivity contribution is 7.80. The van der Waals surface area contributed by atoms with E-state index in [2.05, 4.69) is 31.1 Å². The van der Waals surface area contributed by atoms with Crippen LogP contribution in [-0.4, -0.2) is 97.3 Å². The van der Waals surface area contributed by atoms with Crippen molar-refractivity contribution in [2.75, 3.05) is 52.5 Å². The second-order valence-electron chi connectivity index (χ2n) is 9.20. The molecule has 4 N–H and O–H groups in total. The molecule has 0 bridgehead atoms. The van der Waals surface area contributed by atoms with E-state index in [0.717, 1.165) is 51.5 Å². The van der Waals surface area contributed by atoms with Crippen LogP contribution in [0.4, 0.5) is 0 Å². The Balaban J connectivity index is 1.18. The monoisotopic (exact) mass is 488 g/mol. The molecule has 3 fully saturated rings. The third-order valence-corrected chi connectivity index (χ3v) is 7.07. The van der Waals surface area contributed by atoms with E-state index in [0.29, 0.717) is 37.5 Å². The summed E-state index contributed by atoms with van der Waals surface area (Å²) in [6.07, 6.45) is 1.87. The molecule has 1 aromatic rings. The predicted molar refractivity (Wildman–Crippen MR) is 134 cm³/mol. The van der Waals surface area contributed by atoms with Crippen LogP contribution in [-0.2, 0) is 20.9 Å². The molecule has 4 rings (SSSR count). The molecule has 0 aromatic heterocycles. The van der Waals surface area contributed by atoms with Crippen LogP contribution in [0, 0.1) is 0 Å². The summed E-state index contributed by atoms with van der Waals surface area (Å²) in [4.78, 5) is 29.5. The zero-order chi connectivity index (χ0) is 23.8. The van der Waals surface area contributed by atoms with Crippen molar-refractivity contribution >= 4 is 29.1 Å². The number of hydrogen-bond donors (Lipinski definition) is 4. The number of amides is 2. The van der Waals surface area contributed by atoms with Gasteiger partial charge in [0, 0.05) is 64.3 Å². The van der Waals surface area contributed by atoms with E-state index >= 15 is 0 Å². The van der Waals surface area contributed by atoms with Crippen LogP contribution in [0.3, 0.4) is 0 Å². The average molecular weight is 489 g/mol. The lowest BCUT2D eigenvalue weighted by atomic mass is 10.0. The first-order chi connectivity index (χ1) is 16.6. The summed E-state index contributed by atoms with van der Waals surface area (Å²) >= 11 is 5.50. The molecule has 3 aliphatic rings. The van der Waals surface area contributed by atoms with Gasteiger partial charge in [-0.3, -0.25) is 19.4 Å². The summed E-state index contributed by atoms with van der Waals surface area (Å²) in [6, 6.07) is 10.0. The van der Waals surface area contributed by atoms with E-state index in [4.69, 9.17) is 17.0 Å². The van der Waals surface area contributed by atoms with Gasteiger partial charge in [0.2, 0.25) is 11.8 Å². The number of piperazine rings is 1. The van der Waals surface area contributed by atoms with Gasteiger partial charge < -0.3 is 26.0 Å². The molecule has 3 saturated heterocycles. The van der Waals surface area contributed by atoms with Crippen LogP contribution in [0.5, 0.6) is 0 Å². The van der Waals surface area contributed by atoms with Gasteiger partial charge in [-0.15, -0.1) is 0 Å². The second-order valence-corrected chi connectivity index (χ2v) is 9.61. The normalized spacial score (nSPS) is 25.3. The minimum atomic E-state index is -0.167. The SMILES string of the molecule is O=C(CCC1CNC(=O)C2CC(NC(=S)NCCN3CCOCC3)CN12)NCc1ccccc1. The summed E-state index contributed by atoms with van der Waals surface area (Å²) in [5.74, 6) is 0.108. The van der Waals surface area contributed by atoms with Crippen LogP contribution >= 0.6 is 12.2 Å². The van der Waals surface area contributed by atoms with Crippen LogP contribution in [0.25, 0.3) is 0 Å². The van der Waals surface area contributed by atoms with Gasteiger partial charge in [0.05, 0.1) is 19.3 Å². The van der Waals surface area contributed by atoms with Crippen LogP contribution in [0.2, 0.25) is 0 Å². The predicted octanol–water partition coefficient (Wildman–Crippen LogP) is -0.179. The maximum atomic E-state index is 12.5. The van der Waals surface area contributed by atoms with E-state index in [1.165, 1.54) is 0 Å². The van der Waals surface area contributed by atoms with Crippen molar-refractivity contribution in [3.05, 3.63) is 35.9 Å². The van der Waals surface area contributed by atoms with Crippen LogP contribution < -0.4 is 21.3 Å². The molecule has 34 heavy (non-hydrogen) atoms. The zero-order valence-corrected chi connectivity index (χ0v) is 20.4. The number of fused-ring (bicyclic) bond motifs is 1. The van der Waals surface area contributed by atoms with Gasteiger partial charge >= 0.3 is 0 Å². The van der Waals surface area contributed by atoms with E-state index in [1.807, 2.05) is 30.3 Å². The molecule has 10 heteroatoms. The quantitative estimate of drug-likeness (QED) is 0.356. The lowest BCUT2D eigenvalue weighted by Crippen LogP contribution is -2.58. The summed E-state index contributed by atoms with van der Waals surface area (Å²) in [5, 5.41) is 13.3. The summed E-state index contributed by atoms with van der Waals surface area (Å²) in [7, 11) is 0. The Morgan fingerprint density at radius 1 is 1.18 bits per heavy atom. The molecule has 0 aliphatic carbocycles. The molecule has 9 nitrogen and oxygen atoms in total. The summed E-state index contributed by atoms with van der Waals surface area (Å²) in [6.45, 7) is 7.09. The van der Waals surface area contributed by atoms with Crippen molar-refractivity contribution < 1.29 is 14.3 Å². The van der Waals surface area contributed by atoms with E-state index in [1.54, 1.807) is 0 Å². The van der Waals surface area contributed by atoms with Crippen molar-refractivity contribution in [3.63, 3.8) is 0 Å². The Kier molecular flexibility index (Phi) is 9.09. The molecule has 2 amide bonds. The van der Waals surface area contributed by atoms with Crippen molar-refractivity contribution in [2.45, 2.75) is 43.9 Å². The molecule has 0 saturated carbocycles. The van der Waals surface area contributed by atoms with E-state index < -0.39 is 0 Å². The smallest absolute Gasteiger partial charge is 0.237 e. The number of benzene rings is 1. The number of rotatable bonds is 9. The van der Waals surface area contributed by atoms with Crippen molar-refractivity contribution in [1.29, 1.82) is 0 Å². The largest absolute Gasteiger partial charge is 0.379 e. The summed E-state index contributed by atoms with van der Waals surface area (Å²) in [5.41, 5.74) is 1.09. The van der Waals surface area contributed by atoms with Crippen molar-refractivity contribution in [1.82, 2.24) is 31.1 Å². The molecule has 1 aromatic carbocycles. The number of nitrogens with one attached hydrogen (secondary N) is 4. The lowest BCUT2D eigenvalue weighted by Gasteiger charge is -2.37. The Labute approximate surface area is 206 Å². The first-order valence-corrected chi connectivity index (χ1v) is 12.7. The molecule has 0 radical (unpaired) electrons. The van der Waals surface area contributed by atoms with Crippen molar-refractivity contribution in [2.24, 2.45) is 0 Å². The average Bonchev–Trinajstić information content (AvgIpc) is 3.28. The minimum absolute atomic E-state index is 0.0387. The number of hydrogen-bond acceptors (Lipinski definition) is 6. The van der Waals surface area contributed by atoms with Gasteiger partial charge in [-0.2, -0.15) is 0 Å². The highest BCUT2D eigenvalue weighted by Gasteiger charge is 2.43. The van der Waals surface area contributed by atoms with Gasteiger partial charge in [-0.05, 0) is 30.6 Å². The van der Waals surface area contributed by atoms with Gasteiger partial charge in [-0.1, -0.05) is 30.3 Å². The number of carbonyl (C=O) groups excluding carboxylic acids is 2. The fraction of sp³-hybridized carbons (Fsp3) is 0.625. The van der Waals surface area contributed by atoms with E-state index in [9.17, 15) is 9.59 Å². The molecule has 3 atom stereocenters. The molecule has 186 valence electrons. The number of thiocarbonyl (C=S) groups is 1. The van der Waals surface area contributed by atoms with E-state index in [-0.39, 0.29) is 29.9 Å². The second kappa shape index (κ2) is 12.4. The van der Waals surface area contributed by atoms with Gasteiger partial charge in [-0.25, -0.2) is 0 Å². The Morgan fingerprint density at radius 2 is 1.97 bits per heavy atom. The maximum Gasteiger partial charge on any atom is 0.237 e. The topological polar surface area (TPSA) is 98.0 Å². The standard InChI is InChI=1S/C24H36N6O3S/c31-22(26-15-18-4-2-1-3-5-18)7-6-20-16-27-23(32)21-14-19(17-30(20)21)28-24(34)25-8-9-29-10-12-33-13-11-29/h1-5,19-21H,6-17H2,(H,26,31)(H,27,32)(H2,25,28,34). The summed E-state index contributed by atoms with van der Waals surface area (Å²) < 4.78 is 5.38. The minimum Gasteiger partial charge on any atom is -0.379 e. The third kappa shape index (κ3) is 7.11. The van der Waals surface area contributed by atoms with Gasteiger partial charge in [0.25, 0.3) is 0 Å². The number of ether oxygens (including phenoxy) is 1. The first-order valence-electron chi connectivity index (χ1n) is 12.3. The molecule has 3 aliphatic heterocycles. The highest BCUT2D eigenvalue weighted by Crippen LogP contribution is 2.25. The van der Waals surface area contributed by atoms with Crippen LogP contribution in [0.15, 0.2) is 30.3 Å². The van der Waals surface area contributed by atoms with Gasteiger partial charge in [0.15, 0.2) is 5.11 Å². The van der Waals surface area contributed by atoms with Gasteiger partial charge in [0.1, 0.15) is 0 Å². The van der Waals surface area contributed by atoms with Crippen LogP contribution in [0.1, 0.15) is 24.8 Å². The zero-order valence-electron chi connectivity index (χ0n) is 19.6. The lowest BCUT2D eigenvalue weighted by molar-refractivity contribution is -0.129. The molecule has 3 heterocycles. The molecular weight excluding hydrogens is 452 g/mol. The number of carbonyl (C=O) groups is 2. The number of nitrogens with zero attached hydrogens (tertiary/aromatic N) is 2. The Bertz CT molecular complexity index is 835. The van der Waals surface area contributed by atoms with Crippen molar-refractivity contribution in [3.8, 4) is 0 Å². The molecule has 0 spiro atoms. The Morgan fingerprint density at radius 3 is 2.76 bits per heavy atom. The maximum absolute atomic E-state index is 12.5. The molecular formula is C24H36N6O3S. The highest BCUT2D eigenvalue weighted by atomic mass is 32.1.